The summed E-state index contributed by atoms with van der Waals surface area (Å²) in [5.74, 6) is 0.0405. The second-order valence-electron chi connectivity index (χ2n) is 4.87. The number of methoxy groups -OCH3 is 1. The molecule has 1 amide bonds. The van der Waals surface area contributed by atoms with E-state index in [9.17, 15) is 4.79 Å². The molecule has 6 nitrogen and oxygen atoms in total. The zero-order valence-electron chi connectivity index (χ0n) is 12.8. The van der Waals surface area contributed by atoms with E-state index in [-0.39, 0.29) is 12.5 Å². The van der Waals surface area contributed by atoms with E-state index in [1.807, 2.05) is 25.6 Å². The Morgan fingerprint density at radius 1 is 1.40 bits per heavy atom. The number of aromatic nitrogens is 2. The molecule has 0 aromatic carbocycles. The number of amides is 1. The van der Waals surface area contributed by atoms with Gasteiger partial charge in [-0.25, -0.2) is 0 Å². The lowest BCUT2D eigenvalue weighted by molar-refractivity contribution is -0.132. The van der Waals surface area contributed by atoms with Crippen molar-refractivity contribution < 1.29 is 14.6 Å². The number of hydrogen-bond acceptors (Lipinski definition) is 4. The fourth-order valence-electron chi connectivity index (χ4n) is 2.25. The molecule has 1 heterocycles. The Kier molecular flexibility index (Phi) is 6.67. The molecule has 0 radical (unpaired) electrons. The number of hydrogen-bond donors (Lipinski definition) is 1. The number of aliphatic hydroxyl groups excluding tert-OH is 1. The Morgan fingerprint density at radius 3 is 2.60 bits per heavy atom. The van der Waals surface area contributed by atoms with Crippen molar-refractivity contribution in [1.29, 1.82) is 0 Å². The molecule has 1 aromatic heterocycles. The molecule has 6 heteroatoms. The van der Waals surface area contributed by atoms with Gasteiger partial charge in [-0.05, 0) is 25.8 Å². The average Bonchev–Trinajstić information content (AvgIpc) is 2.66. The first-order valence-corrected chi connectivity index (χ1v) is 6.87. The third kappa shape index (κ3) is 4.31. The van der Waals surface area contributed by atoms with Gasteiger partial charge in [0.15, 0.2) is 0 Å². The van der Waals surface area contributed by atoms with Crippen molar-refractivity contribution in [3.63, 3.8) is 0 Å². The smallest absolute Gasteiger partial charge is 0.223 e. The SMILES string of the molecule is COCCN(CCO)C(=O)CCc1c(C)nn(C)c1C. The predicted octanol–water partition coefficient (Wildman–Crippen LogP) is 0.437. The molecule has 0 aliphatic heterocycles. The molecule has 0 aliphatic rings. The van der Waals surface area contributed by atoms with Crippen LogP contribution in [0.1, 0.15) is 23.4 Å². The van der Waals surface area contributed by atoms with E-state index in [0.29, 0.717) is 32.5 Å². The zero-order valence-corrected chi connectivity index (χ0v) is 12.8. The van der Waals surface area contributed by atoms with Crippen LogP contribution in [0.25, 0.3) is 0 Å². The number of ether oxygens (including phenoxy) is 1. The minimum Gasteiger partial charge on any atom is -0.395 e. The third-order valence-corrected chi connectivity index (χ3v) is 3.54. The fraction of sp³-hybridized carbons (Fsp3) is 0.714. The summed E-state index contributed by atoms with van der Waals surface area (Å²) in [6.07, 6.45) is 1.11. The van der Waals surface area contributed by atoms with Crippen LogP contribution in [0.2, 0.25) is 0 Å². The Balaban J connectivity index is 2.59. The standard InChI is InChI=1S/C14H25N3O3/c1-11-13(12(2)16(3)15-11)5-6-14(19)17(7-9-18)8-10-20-4/h18H,5-10H2,1-4H3. The van der Waals surface area contributed by atoms with Gasteiger partial charge >= 0.3 is 0 Å². The molecule has 0 saturated heterocycles. The molecule has 0 unspecified atom stereocenters. The van der Waals surface area contributed by atoms with Crippen molar-refractivity contribution in [3.05, 3.63) is 17.0 Å². The van der Waals surface area contributed by atoms with Crippen LogP contribution < -0.4 is 0 Å². The van der Waals surface area contributed by atoms with Crippen LogP contribution >= 0.6 is 0 Å². The fourth-order valence-corrected chi connectivity index (χ4v) is 2.25. The van der Waals surface area contributed by atoms with E-state index in [4.69, 9.17) is 9.84 Å². The lowest BCUT2D eigenvalue weighted by atomic mass is 10.1. The van der Waals surface area contributed by atoms with Gasteiger partial charge in [-0.2, -0.15) is 5.10 Å². The van der Waals surface area contributed by atoms with Crippen molar-refractivity contribution in [2.24, 2.45) is 7.05 Å². The van der Waals surface area contributed by atoms with Gasteiger partial charge < -0.3 is 14.7 Å². The molecule has 114 valence electrons. The highest BCUT2D eigenvalue weighted by Gasteiger charge is 2.15. The van der Waals surface area contributed by atoms with Gasteiger partial charge in [0.05, 0.1) is 18.9 Å². The van der Waals surface area contributed by atoms with Crippen LogP contribution in [0.5, 0.6) is 0 Å². The molecule has 1 rings (SSSR count). The van der Waals surface area contributed by atoms with E-state index in [0.717, 1.165) is 17.0 Å². The van der Waals surface area contributed by atoms with Crippen molar-refractivity contribution in [1.82, 2.24) is 14.7 Å². The molecule has 0 spiro atoms. The normalized spacial score (nSPS) is 10.8. The van der Waals surface area contributed by atoms with E-state index in [1.54, 1.807) is 12.0 Å². The number of rotatable bonds is 8. The zero-order chi connectivity index (χ0) is 15.1. The maximum Gasteiger partial charge on any atom is 0.223 e. The summed E-state index contributed by atoms with van der Waals surface area (Å²) in [5, 5.41) is 13.4. The van der Waals surface area contributed by atoms with Crippen molar-refractivity contribution in [2.45, 2.75) is 26.7 Å². The lowest BCUT2D eigenvalue weighted by Gasteiger charge is -2.21. The summed E-state index contributed by atoms with van der Waals surface area (Å²) in [5.41, 5.74) is 3.21. The summed E-state index contributed by atoms with van der Waals surface area (Å²) in [6.45, 7) is 5.30. The molecule has 1 aromatic rings. The van der Waals surface area contributed by atoms with Crippen molar-refractivity contribution >= 4 is 5.91 Å². The second kappa shape index (κ2) is 8.01. The molecular weight excluding hydrogens is 258 g/mol. The average molecular weight is 283 g/mol. The Labute approximate surface area is 120 Å². The Hall–Kier alpha value is -1.40. The van der Waals surface area contributed by atoms with Crippen LogP contribution in [-0.4, -0.2) is 59.1 Å². The molecule has 20 heavy (non-hydrogen) atoms. The van der Waals surface area contributed by atoms with E-state index in [2.05, 4.69) is 5.10 Å². The largest absolute Gasteiger partial charge is 0.395 e. The van der Waals surface area contributed by atoms with Crippen molar-refractivity contribution in [2.75, 3.05) is 33.4 Å². The van der Waals surface area contributed by atoms with Gasteiger partial charge in [0, 0.05) is 39.4 Å². The van der Waals surface area contributed by atoms with Crippen LogP contribution in [0.15, 0.2) is 0 Å². The van der Waals surface area contributed by atoms with Crippen LogP contribution in [0, 0.1) is 13.8 Å². The number of carbonyl (C=O) groups is 1. The number of aliphatic hydroxyl groups is 1. The van der Waals surface area contributed by atoms with Gasteiger partial charge in [-0.3, -0.25) is 9.48 Å². The van der Waals surface area contributed by atoms with Gasteiger partial charge in [0.1, 0.15) is 0 Å². The molecular formula is C14H25N3O3. The minimum absolute atomic E-state index is 0.0274. The first-order valence-electron chi connectivity index (χ1n) is 6.87. The third-order valence-electron chi connectivity index (χ3n) is 3.54. The maximum absolute atomic E-state index is 12.2. The highest BCUT2D eigenvalue weighted by molar-refractivity contribution is 5.76. The predicted molar refractivity (Wildman–Crippen MR) is 76.5 cm³/mol. The van der Waals surface area contributed by atoms with E-state index in [1.165, 1.54) is 0 Å². The van der Waals surface area contributed by atoms with Gasteiger partial charge in [-0.15, -0.1) is 0 Å². The van der Waals surface area contributed by atoms with Crippen molar-refractivity contribution in [3.8, 4) is 0 Å². The molecule has 0 atom stereocenters. The van der Waals surface area contributed by atoms with Crippen LogP contribution in [0.4, 0.5) is 0 Å². The summed E-state index contributed by atoms with van der Waals surface area (Å²) < 4.78 is 6.82. The molecule has 0 fully saturated rings. The second-order valence-corrected chi connectivity index (χ2v) is 4.87. The van der Waals surface area contributed by atoms with Gasteiger partial charge in [0.2, 0.25) is 5.91 Å². The summed E-state index contributed by atoms with van der Waals surface area (Å²) >= 11 is 0. The highest BCUT2D eigenvalue weighted by atomic mass is 16.5. The topological polar surface area (TPSA) is 67.6 Å². The number of carbonyl (C=O) groups excluding carboxylic acids is 1. The quantitative estimate of drug-likeness (QED) is 0.751. The first-order chi connectivity index (χ1) is 9.51. The summed E-state index contributed by atoms with van der Waals surface area (Å²) in [4.78, 5) is 13.8. The first kappa shape index (κ1) is 16.7. The minimum atomic E-state index is -0.0274. The molecule has 0 saturated carbocycles. The van der Waals surface area contributed by atoms with E-state index >= 15 is 0 Å². The molecule has 1 N–H and O–H groups in total. The number of aryl methyl sites for hydroxylation is 2. The lowest BCUT2D eigenvalue weighted by Crippen LogP contribution is -2.36. The monoisotopic (exact) mass is 283 g/mol. The summed E-state index contributed by atoms with van der Waals surface area (Å²) in [6, 6.07) is 0. The van der Waals surface area contributed by atoms with Crippen LogP contribution in [-0.2, 0) is 23.0 Å². The van der Waals surface area contributed by atoms with Crippen LogP contribution in [0.3, 0.4) is 0 Å². The summed E-state index contributed by atoms with van der Waals surface area (Å²) in [7, 11) is 3.51. The Bertz CT molecular complexity index is 443. The highest BCUT2D eigenvalue weighted by Crippen LogP contribution is 2.14. The Morgan fingerprint density at radius 2 is 2.10 bits per heavy atom. The molecule has 0 aliphatic carbocycles. The van der Waals surface area contributed by atoms with Gasteiger partial charge in [-0.1, -0.05) is 0 Å². The maximum atomic E-state index is 12.2. The van der Waals surface area contributed by atoms with Gasteiger partial charge in [0.25, 0.3) is 0 Å². The number of nitrogens with zero attached hydrogens (tertiary/aromatic N) is 3. The van der Waals surface area contributed by atoms with E-state index < -0.39 is 0 Å². The molecule has 0 bridgehead atoms.